The summed E-state index contributed by atoms with van der Waals surface area (Å²) in [5, 5.41) is 0. The minimum Gasteiger partial charge on any atom is -0.384 e. The molecule has 2 amide bonds. The van der Waals surface area contributed by atoms with Gasteiger partial charge in [-0.15, -0.1) is 0 Å². The number of amides is 2. The Bertz CT molecular complexity index is 473. The molecule has 0 saturated heterocycles. The molecular weight excluding hydrogens is 234 g/mol. The number of carbonyl (C=O) groups excluding carboxylic acids is 2. The van der Waals surface area contributed by atoms with E-state index in [-0.39, 0.29) is 23.8 Å². The van der Waals surface area contributed by atoms with E-state index in [1.54, 1.807) is 26.0 Å². The van der Waals surface area contributed by atoms with Crippen LogP contribution in [0.2, 0.25) is 0 Å². The van der Waals surface area contributed by atoms with Crippen LogP contribution >= 0.6 is 0 Å². The summed E-state index contributed by atoms with van der Waals surface area (Å²) in [4.78, 5) is 29.9. The van der Waals surface area contributed by atoms with Gasteiger partial charge < -0.3 is 21.3 Å². The molecule has 0 aromatic carbocycles. The zero-order valence-electron chi connectivity index (χ0n) is 10.7. The minimum atomic E-state index is -0.608. The monoisotopic (exact) mass is 251 g/mol. The first-order valence-corrected chi connectivity index (χ1v) is 5.29. The van der Waals surface area contributed by atoms with Gasteiger partial charge in [-0.25, -0.2) is 4.98 Å². The van der Waals surface area contributed by atoms with E-state index in [1.807, 2.05) is 0 Å². The number of rotatable bonds is 4. The molecule has 7 nitrogen and oxygen atoms in total. The predicted octanol–water partition coefficient (Wildman–Crippen LogP) is -0.713. The molecule has 0 atom stereocenters. The van der Waals surface area contributed by atoms with Crippen LogP contribution in [0.5, 0.6) is 0 Å². The number of hydrogen-bond acceptors (Lipinski definition) is 5. The molecule has 0 saturated carbocycles. The number of aromatic nitrogens is 1. The minimum absolute atomic E-state index is 0.0928. The Morgan fingerprint density at radius 1 is 1.33 bits per heavy atom. The second kappa shape index (κ2) is 5.35. The average Bonchev–Trinajstić information content (AvgIpc) is 2.28. The summed E-state index contributed by atoms with van der Waals surface area (Å²) in [5.74, 6) is -0.493. The molecule has 98 valence electrons. The van der Waals surface area contributed by atoms with Crippen molar-refractivity contribution in [2.45, 2.75) is 0 Å². The molecule has 1 aromatic heterocycles. The number of primary amides is 1. The molecule has 0 unspecified atom stereocenters. The fourth-order valence-electron chi connectivity index (χ4n) is 1.40. The van der Waals surface area contributed by atoms with Gasteiger partial charge in [0.2, 0.25) is 5.91 Å². The molecule has 0 aliphatic carbocycles. The van der Waals surface area contributed by atoms with Crippen molar-refractivity contribution >= 4 is 23.3 Å². The molecule has 4 N–H and O–H groups in total. The van der Waals surface area contributed by atoms with E-state index in [0.29, 0.717) is 5.69 Å². The Labute approximate surface area is 105 Å². The highest BCUT2D eigenvalue weighted by atomic mass is 16.2. The SMILES string of the molecule is CN(C)C(=O)CN(C)c1cnc(N)cc1C(N)=O. The summed E-state index contributed by atoms with van der Waals surface area (Å²) in [6, 6.07) is 1.40. The molecule has 0 radical (unpaired) electrons. The molecule has 0 spiro atoms. The third kappa shape index (κ3) is 3.09. The maximum absolute atomic E-state index is 11.6. The number of nitrogen functional groups attached to an aromatic ring is 1. The summed E-state index contributed by atoms with van der Waals surface area (Å²) in [7, 11) is 5.00. The molecule has 7 heteroatoms. The number of likely N-dealkylation sites (N-methyl/N-ethyl adjacent to an activating group) is 2. The molecule has 0 fully saturated rings. The fraction of sp³-hybridized carbons (Fsp3) is 0.364. The van der Waals surface area contributed by atoms with Gasteiger partial charge in [0.05, 0.1) is 24.0 Å². The Balaban J connectivity index is 3.02. The van der Waals surface area contributed by atoms with Crippen molar-refractivity contribution in [2.75, 3.05) is 38.3 Å². The van der Waals surface area contributed by atoms with Gasteiger partial charge in [0.25, 0.3) is 5.91 Å². The topological polar surface area (TPSA) is 106 Å². The second-order valence-electron chi connectivity index (χ2n) is 4.13. The third-order valence-electron chi connectivity index (χ3n) is 2.45. The molecule has 0 aliphatic heterocycles. The summed E-state index contributed by atoms with van der Waals surface area (Å²) in [6.07, 6.45) is 1.43. The van der Waals surface area contributed by atoms with Crippen LogP contribution in [0.1, 0.15) is 10.4 Å². The zero-order chi connectivity index (χ0) is 13.9. The molecule has 1 rings (SSSR count). The molecule has 0 bridgehead atoms. The van der Waals surface area contributed by atoms with Crippen LogP contribution < -0.4 is 16.4 Å². The smallest absolute Gasteiger partial charge is 0.251 e. The molecule has 1 heterocycles. The Morgan fingerprint density at radius 2 is 1.94 bits per heavy atom. The number of nitrogens with two attached hydrogens (primary N) is 2. The highest BCUT2D eigenvalue weighted by Crippen LogP contribution is 2.19. The maximum atomic E-state index is 11.6. The van der Waals surface area contributed by atoms with Crippen molar-refractivity contribution in [2.24, 2.45) is 5.73 Å². The van der Waals surface area contributed by atoms with E-state index in [4.69, 9.17) is 11.5 Å². The lowest BCUT2D eigenvalue weighted by Gasteiger charge is -2.22. The van der Waals surface area contributed by atoms with Crippen LogP contribution in [-0.4, -0.2) is 49.4 Å². The summed E-state index contributed by atoms with van der Waals surface area (Å²) >= 11 is 0. The predicted molar refractivity (Wildman–Crippen MR) is 69.1 cm³/mol. The first-order chi connectivity index (χ1) is 8.32. The van der Waals surface area contributed by atoms with Crippen molar-refractivity contribution in [3.63, 3.8) is 0 Å². The largest absolute Gasteiger partial charge is 0.384 e. The van der Waals surface area contributed by atoms with Gasteiger partial charge in [0.15, 0.2) is 0 Å². The molecule has 18 heavy (non-hydrogen) atoms. The molecule has 1 aromatic rings. The van der Waals surface area contributed by atoms with Crippen molar-refractivity contribution in [3.8, 4) is 0 Å². The first kappa shape index (κ1) is 13.8. The second-order valence-corrected chi connectivity index (χ2v) is 4.13. The van der Waals surface area contributed by atoms with E-state index in [9.17, 15) is 9.59 Å². The highest BCUT2D eigenvalue weighted by Gasteiger charge is 2.16. The summed E-state index contributed by atoms with van der Waals surface area (Å²) in [5.41, 5.74) is 11.5. The number of nitrogens with zero attached hydrogens (tertiary/aromatic N) is 3. The highest BCUT2D eigenvalue weighted by molar-refractivity contribution is 5.99. The number of pyridine rings is 1. The summed E-state index contributed by atoms with van der Waals surface area (Å²) < 4.78 is 0. The Morgan fingerprint density at radius 3 is 2.44 bits per heavy atom. The van der Waals surface area contributed by atoms with E-state index < -0.39 is 5.91 Å². The van der Waals surface area contributed by atoms with Crippen molar-refractivity contribution < 1.29 is 9.59 Å². The molecular formula is C11H17N5O2. The standard InChI is InChI=1S/C11H17N5O2/c1-15(2)10(17)6-16(3)8-5-14-9(12)4-7(8)11(13)18/h4-5H,6H2,1-3H3,(H2,12,14)(H2,13,18). The lowest BCUT2D eigenvalue weighted by Crippen LogP contribution is -2.35. The van der Waals surface area contributed by atoms with Gasteiger partial charge in [-0.2, -0.15) is 0 Å². The number of hydrogen-bond donors (Lipinski definition) is 2. The maximum Gasteiger partial charge on any atom is 0.251 e. The van der Waals surface area contributed by atoms with Crippen LogP contribution in [0.3, 0.4) is 0 Å². The van der Waals surface area contributed by atoms with Crippen LogP contribution in [0.25, 0.3) is 0 Å². The van der Waals surface area contributed by atoms with Gasteiger partial charge in [-0.1, -0.05) is 0 Å². The van der Waals surface area contributed by atoms with Crippen LogP contribution in [0.15, 0.2) is 12.3 Å². The van der Waals surface area contributed by atoms with E-state index in [1.165, 1.54) is 17.2 Å². The van der Waals surface area contributed by atoms with Gasteiger partial charge in [-0.05, 0) is 6.07 Å². The van der Waals surface area contributed by atoms with Crippen molar-refractivity contribution in [1.29, 1.82) is 0 Å². The normalized spacial score (nSPS) is 9.94. The zero-order valence-corrected chi connectivity index (χ0v) is 10.7. The lowest BCUT2D eigenvalue weighted by atomic mass is 10.2. The Kier molecular flexibility index (Phi) is 4.09. The fourth-order valence-corrected chi connectivity index (χ4v) is 1.40. The van der Waals surface area contributed by atoms with E-state index >= 15 is 0 Å². The van der Waals surface area contributed by atoms with Crippen LogP contribution in [0.4, 0.5) is 11.5 Å². The number of carbonyl (C=O) groups is 2. The average molecular weight is 251 g/mol. The third-order valence-corrected chi connectivity index (χ3v) is 2.45. The van der Waals surface area contributed by atoms with Crippen molar-refractivity contribution in [1.82, 2.24) is 9.88 Å². The van der Waals surface area contributed by atoms with E-state index in [0.717, 1.165) is 0 Å². The lowest BCUT2D eigenvalue weighted by molar-refractivity contribution is -0.127. The van der Waals surface area contributed by atoms with Crippen molar-refractivity contribution in [3.05, 3.63) is 17.8 Å². The quantitative estimate of drug-likeness (QED) is 0.735. The van der Waals surface area contributed by atoms with Gasteiger partial charge >= 0.3 is 0 Å². The van der Waals surface area contributed by atoms with E-state index in [2.05, 4.69) is 4.98 Å². The summed E-state index contributed by atoms with van der Waals surface area (Å²) in [6.45, 7) is 0.124. The Hall–Kier alpha value is -2.31. The molecule has 0 aliphatic rings. The van der Waals surface area contributed by atoms with Crippen LogP contribution in [-0.2, 0) is 4.79 Å². The van der Waals surface area contributed by atoms with Crippen LogP contribution in [0, 0.1) is 0 Å². The van der Waals surface area contributed by atoms with Gasteiger partial charge in [0, 0.05) is 21.1 Å². The van der Waals surface area contributed by atoms with Gasteiger partial charge in [-0.3, -0.25) is 9.59 Å². The number of anilines is 2. The first-order valence-electron chi connectivity index (χ1n) is 5.29. The van der Waals surface area contributed by atoms with Gasteiger partial charge in [0.1, 0.15) is 5.82 Å².